The second-order valence-electron chi connectivity index (χ2n) is 18.8. The summed E-state index contributed by atoms with van der Waals surface area (Å²) in [4.78, 5) is 9.21. The molecule has 0 N–H and O–H groups in total. The van der Waals surface area contributed by atoms with Gasteiger partial charge in [0.15, 0.2) is 0 Å². The van der Waals surface area contributed by atoms with Gasteiger partial charge in [0, 0.05) is 57.5 Å². The average molecular weight is 902 g/mol. The van der Waals surface area contributed by atoms with Crippen molar-refractivity contribution < 1.29 is 0 Å². The maximum atomic E-state index is 11.8. The molecule has 0 atom stereocenters. The molecule has 71 heavy (non-hydrogen) atoms. The zero-order chi connectivity index (χ0) is 46.8. The molecule has 2 aliphatic rings. The molecule has 4 aromatic heterocycles. The van der Waals surface area contributed by atoms with Crippen LogP contribution in [0.5, 0.6) is 0 Å². The van der Waals surface area contributed by atoms with Gasteiger partial charge in [0.05, 0.1) is 38.9 Å². The van der Waals surface area contributed by atoms with Crippen molar-refractivity contribution >= 4 is 43.6 Å². The lowest BCUT2D eigenvalue weighted by molar-refractivity contribution is 0.791. The molecule has 0 amide bonds. The molecule has 0 fully saturated rings. The summed E-state index contributed by atoms with van der Waals surface area (Å²) in [6.45, 7) is 0. The first-order chi connectivity index (χ1) is 35.2. The Morgan fingerprint density at radius 3 is 1.35 bits per heavy atom. The van der Waals surface area contributed by atoms with E-state index >= 15 is 0 Å². The van der Waals surface area contributed by atoms with Gasteiger partial charge in [-0.15, -0.1) is 0 Å². The first-order valence-corrected chi connectivity index (χ1v) is 24.1. The SMILES string of the molecule is N#Cc1c(-n2c3ccccc3c3cc(-c4ccccc4)ccc32)cc(-c2ccc3c(c2)-c2ccccc2C32c3ccncc3-c3cnccc32)cc1-n1c2ccccc2c2cc(-c3ccccc3)ccc21. The maximum Gasteiger partial charge on any atom is 0.104 e. The Labute approximate surface area is 409 Å². The minimum absolute atomic E-state index is 0.523. The minimum atomic E-state index is -0.523. The molecule has 15 rings (SSSR count). The van der Waals surface area contributed by atoms with Crippen LogP contribution in [0.4, 0.5) is 0 Å². The zero-order valence-electron chi connectivity index (χ0n) is 38.3. The number of nitriles is 1. The van der Waals surface area contributed by atoms with Crippen molar-refractivity contribution in [3.05, 3.63) is 265 Å². The van der Waals surface area contributed by atoms with Crippen LogP contribution in [0, 0.1) is 11.3 Å². The predicted octanol–water partition coefficient (Wildman–Crippen LogP) is 15.9. The third-order valence-corrected chi connectivity index (χ3v) is 15.4. The summed E-state index contributed by atoms with van der Waals surface area (Å²) < 4.78 is 4.64. The van der Waals surface area contributed by atoms with Gasteiger partial charge in [0.25, 0.3) is 0 Å². The molecule has 13 aromatic rings. The van der Waals surface area contributed by atoms with Crippen molar-refractivity contribution in [2.45, 2.75) is 5.41 Å². The minimum Gasteiger partial charge on any atom is -0.308 e. The Morgan fingerprint density at radius 2 is 0.789 bits per heavy atom. The molecule has 0 saturated carbocycles. The molecule has 1 spiro atoms. The molecule has 0 unspecified atom stereocenters. The third-order valence-electron chi connectivity index (χ3n) is 15.4. The van der Waals surface area contributed by atoms with Gasteiger partial charge in [-0.2, -0.15) is 5.26 Å². The molecule has 2 aliphatic carbocycles. The lowest BCUT2D eigenvalue weighted by Gasteiger charge is -2.30. The van der Waals surface area contributed by atoms with Crippen molar-refractivity contribution in [1.82, 2.24) is 19.1 Å². The molecular formula is C66H39N5. The van der Waals surface area contributed by atoms with E-state index in [1.165, 1.54) is 33.4 Å². The van der Waals surface area contributed by atoms with Crippen molar-refractivity contribution in [1.29, 1.82) is 5.26 Å². The zero-order valence-corrected chi connectivity index (χ0v) is 38.3. The van der Waals surface area contributed by atoms with E-state index in [1.807, 2.05) is 24.8 Å². The van der Waals surface area contributed by atoms with Crippen molar-refractivity contribution in [2.24, 2.45) is 0 Å². The van der Waals surface area contributed by atoms with Gasteiger partial charge in [-0.1, -0.05) is 146 Å². The number of fused-ring (bicyclic) bond motifs is 16. The molecule has 0 aliphatic heterocycles. The van der Waals surface area contributed by atoms with Crippen LogP contribution in [0.2, 0.25) is 0 Å². The molecule has 5 heteroatoms. The van der Waals surface area contributed by atoms with Gasteiger partial charge < -0.3 is 9.13 Å². The Bertz CT molecular complexity index is 4190. The quantitative estimate of drug-likeness (QED) is 0.173. The highest BCUT2D eigenvalue weighted by Crippen LogP contribution is 2.62. The number of benzene rings is 9. The fourth-order valence-corrected chi connectivity index (χ4v) is 12.4. The number of hydrogen-bond acceptors (Lipinski definition) is 3. The predicted molar refractivity (Wildman–Crippen MR) is 288 cm³/mol. The molecule has 328 valence electrons. The molecule has 0 saturated heterocycles. The number of rotatable bonds is 5. The van der Waals surface area contributed by atoms with Gasteiger partial charge in [-0.25, -0.2) is 0 Å². The number of nitrogens with zero attached hydrogens (tertiary/aromatic N) is 5. The summed E-state index contributed by atoms with van der Waals surface area (Å²) in [5, 5.41) is 16.3. The van der Waals surface area contributed by atoms with Crippen LogP contribution < -0.4 is 0 Å². The summed E-state index contributed by atoms with van der Waals surface area (Å²) in [5.41, 5.74) is 22.1. The van der Waals surface area contributed by atoms with Crippen LogP contribution in [0.15, 0.2) is 237 Å². The molecule has 5 nitrogen and oxygen atoms in total. The standard InChI is InChI=1S/C66H39N5/c67-38-53-64(70-60-21-11-8-18-48(60)51-34-43(24-27-62(51)70)41-13-3-1-4-14-41)36-46(37-65(53)71-61-22-12-9-19-49(61)52-35-44(25-28-63(52)71)42-15-5-2-6-16-42)45-23-26-57-50(33-45)47-17-7-10-20-56(47)66(57)58-29-31-68-39-54(58)55-40-69-32-30-59(55)66/h1-37,39-40H. The maximum absolute atomic E-state index is 11.8. The van der Waals surface area contributed by atoms with Gasteiger partial charge in [-0.05, 0) is 133 Å². The summed E-state index contributed by atoms with van der Waals surface area (Å²) in [6.07, 6.45) is 7.83. The molecule has 0 bridgehead atoms. The number of pyridine rings is 2. The van der Waals surface area contributed by atoms with E-state index in [9.17, 15) is 5.26 Å². The summed E-state index contributed by atoms with van der Waals surface area (Å²) in [6, 6.07) is 79.4. The van der Waals surface area contributed by atoms with Crippen LogP contribution in [0.3, 0.4) is 0 Å². The fourth-order valence-electron chi connectivity index (χ4n) is 12.4. The highest BCUT2D eigenvalue weighted by atomic mass is 15.0. The van der Waals surface area contributed by atoms with Crippen LogP contribution in [-0.2, 0) is 5.41 Å². The molecule has 0 radical (unpaired) electrons. The normalized spacial score (nSPS) is 12.9. The monoisotopic (exact) mass is 901 g/mol. The van der Waals surface area contributed by atoms with E-state index in [1.54, 1.807) is 0 Å². The second kappa shape index (κ2) is 14.9. The van der Waals surface area contributed by atoms with Crippen LogP contribution in [-0.4, -0.2) is 19.1 Å². The van der Waals surface area contributed by atoms with Gasteiger partial charge >= 0.3 is 0 Å². The fraction of sp³-hybridized carbons (Fsp3) is 0.0152. The van der Waals surface area contributed by atoms with Gasteiger partial charge in [-0.3, -0.25) is 9.97 Å². The van der Waals surface area contributed by atoms with E-state index in [0.29, 0.717) is 5.56 Å². The average Bonchev–Trinajstić information content (AvgIpc) is 4.15. The first kappa shape index (κ1) is 39.4. The number of aromatic nitrogens is 4. The topological polar surface area (TPSA) is 59.4 Å². The highest BCUT2D eigenvalue weighted by molar-refractivity contribution is 6.13. The Balaban J connectivity index is 1.03. The largest absolute Gasteiger partial charge is 0.308 e. The van der Waals surface area contributed by atoms with E-state index in [-0.39, 0.29) is 0 Å². The molecule has 9 aromatic carbocycles. The van der Waals surface area contributed by atoms with Crippen LogP contribution in [0.25, 0.3) is 111 Å². The molecule has 4 heterocycles. The smallest absolute Gasteiger partial charge is 0.104 e. The Hall–Kier alpha value is -9.63. The Kier molecular flexibility index (Phi) is 8.28. The first-order valence-electron chi connectivity index (χ1n) is 24.1. The summed E-state index contributed by atoms with van der Waals surface area (Å²) >= 11 is 0. The van der Waals surface area contributed by atoms with Crippen molar-refractivity contribution in [3.8, 4) is 73.1 Å². The molecular weight excluding hydrogens is 863 g/mol. The van der Waals surface area contributed by atoms with Crippen molar-refractivity contribution in [2.75, 3.05) is 0 Å². The summed E-state index contributed by atoms with van der Waals surface area (Å²) in [7, 11) is 0. The van der Waals surface area contributed by atoms with Crippen LogP contribution >= 0.6 is 0 Å². The lowest BCUT2D eigenvalue weighted by atomic mass is 9.71. The lowest BCUT2D eigenvalue weighted by Crippen LogP contribution is -2.25. The third kappa shape index (κ3) is 5.44. The van der Waals surface area contributed by atoms with E-state index in [2.05, 4.69) is 237 Å². The Morgan fingerprint density at radius 1 is 0.338 bits per heavy atom. The van der Waals surface area contributed by atoms with E-state index in [4.69, 9.17) is 0 Å². The van der Waals surface area contributed by atoms with E-state index in [0.717, 1.165) is 99.5 Å². The van der Waals surface area contributed by atoms with Gasteiger partial charge in [0.1, 0.15) is 11.6 Å². The second-order valence-corrected chi connectivity index (χ2v) is 18.8. The van der Waals surface area contributed by atoms with Gasteiger partial charge in [0.2, 0.25) is 0 Å². The van der Waals surface area contributed by atoms with Crippen molar-refractivity contribution in [3.63, 3.8) is 0 Å². The number of para-hydroxylation sites is 2. The van der Waals surface area contributed by atoms with Crippen LogP contribution in [0.1, 0.15) is 27.8 Å². The highest BCUT2D eigenvalue weighted by Gasteiger charge is 2.51. The summed E-state index contributed by atoms with van der Waals surface area (Å²) in [5.74, 6) is 0. The number of hydrogen-bond donors (Lipinski definition) is 0. The van der Waals surface area contributed by atoms with E-state index < -0.39 is 5.41 Å².